The first-order valence-corrected chi connectivity index (χ1v) is 6.48. The van der Waals surface area contributed by atoms with Crippen LogP contribution in [-0.2, 0) is 11.3 Å². The van der Waals surface area contributed by atoms with Crippen molar-refractivity contribution in [3.05, 3.63) is 6.33 Å². The van der Waals surface area contributed by atoms with Gasteiger partial charge in [0.2, 0.25) is 11.9 Å². The minimum Gasteiger partial charge on any atom is -0.367 e. The van der Waals surface area contributed by atoms with Crippen LogP contribution in [0.1, 0.15) is 32.6 Å². The van der Waals surface area contributed by atoms with E-state index < -0.39 is 0 Å². The molecular formula is C12H21N5O. The lowest BCUT2D eigenvalue weighted by Gasteiger charge is -2.36. The molecular weight excluding hydrogens is 230 g/mol. The molecule has 2 atom stereocenters. The molecule has 1 aliphatic rings. The minimum absolute atomic E-state index is 0.0682. The van der Waals surface area contributed by atoms with E-state index in [-0.39, 0.29) is 18.4 Å². The number of likely N-dealkylation sites (N-methyl/N-ethyl adjacent to an activating group) is 1. The summed E-state index contributed by atoms with van der Waals surface area (Å²) in [4.78, 5) is 17.8. The number of anilines is 1. The van der Waals surface area contributed by atoms with Crippen LogP contribution in [0.5, 0.6) is 0 Å². The summed E-state index contributed by atoms with van der Waals surface area (Å²) in [6.45, 7) is 2.44. The standard InChI is InChI=1S/C12H21N5O/c1-9-5-3-4-6-10(9)16(2)11(18)7-17-8-14-12(13)15-17/h8-10H,3-7H2,1-2H3,(H2,13,15). The maximum absolute atomic E-state index is 12.2. The first kappa shape index (κ1) is 12.9. The van der Waals surface area contributed by atoms with Gasteiger partial charge in [-0.15, -0.1) is 5.10 Å². The van der Waals surface area contributed by atoms with Gasteiger partial charge in [-0.05, 0) is 18.8 Å². The molecule has 2 N–H and O–H groups in total. The highest BCUT2D eigenvalue weighted by molar-refractivity contribution is 5.76. The van der Waals surface area contributed by atoms with Crippen LogP contribution < -0.4 is 5.73 Å². The fourth-order valence-electron chi connectivity index (χ4n) is 2.69. The minimum atomic E-state index is 0.0682. The second-order valence-electron chi connectivity index (χ2n) is 5.13. The molecule has 0 spiro atoms. The Bertz CT molecular complexity index is 416. The molecule has 1 fully saturated rings. The molecule has 18 heavy (non-hydrogen) atoms. The van der Waals surface area contributed by atoms with Gasteiger partial charge in [0.1, 0.15) is 12.9 Å². The van der Waals surface area contributed by atoms with E-state index in [1.807, 2.05) is 11.9 Å². The third kappa shape index (κ3) is 2.80. The number of rotatable bonds is 3. The van der Waals surface area contributed by atoms with Gasteiger partial charge < -0.3 is 10.6 Å². The third-order valence-electron chi connectivity index (χ3n) is 3.81. The molecule has 1 aromatic heterocycles. The molecule has 6 nitrogen and oxygen atoms in total. The molecule has 0 aromatic carbocycles. The molecule has 1 amide bonds. The van der Waals surface area contributed by atoms with E-state index in [2.05, 4.69) is 17.0 Å². The van der Waals surface area contributed by atoms with E-state index in [4.69, 9.17) is 5.73 Å². The molecule has 1 aliphatic carbocycles. The molecule has 0 radical (unpaired) electrons. The lowest BCUT2D eigenvalue weighted by atomic mass is 9.85. The van der Waals surface area contributed by atoms with Crippen molar-refractivity contribution in [3.8, 4) is 0 Å². The highest BCUT2D eigenvalue weighted by Crippen LogP contribution is 2.27. The van der Waals surface area contributed by atoms with Gasteiger partial charge in [-0.25, -0.2) is 9.67 Å². The molecule has 0 bridgehead atoms. The number of carbonyl (C=O) groups excluding carboxylic acids is 1. The normalized spacial score (nSPS) is 23.9. The Labute approximate surface area is 107 Å². The van der Waals surface area contributed by atoms with Crippen LogP contribution in [0.4, 0.5) is 5.95 Å². The second kappa shape index (κ2) is 5.37. The van der Waals surface area contributed by atoms with Crippen LogP contribution in [0.15, 0.2) is 6.33 Å². The molecule has 0 saturated heterocycles. The fraction of sp³-hybridized carbons (Fsp3) is 0.750. The van der Waals surface area contributed by atoms with E-state index in [1.165, 1.54) is 30.3 Å². The Kier molecular flexibility index (Phi) is 3.84. The smallest absolute Gasteiger partial charge is 0.244 e. The van der Waals surface area contributed by atoms with Gasteiger partial charge in [0.05, 0.1) is 0 Å². The molecule has 100 valence electrons. The van der Waals surface area contributed by atoms with Crippen molar-refractivity contribution in [1.82, 2.24) is 19.7 Å². The largest absolute Gasteiger partial charge is 0.367 e. The number of hydrogen-bond donors (Lipinski definition) is 1. The van der Waals surface area contributed by atoms with Crippen LogP contribution in [0.25, 0.3) is 0 Å². The van der Waals surface area contributed by atoms with Gasteiger partial charge in [-0.3, -0.25) is 4.79 Å². The number of amides is 1. The van der Waals surface area contributed by atoms with E-state index in [9.17, 15) is 4.79 Å². The summed E-state index contributed by atoms with van der Waals surface area (Å²) in [5.74, 6) is 0.851. The van der Waals surface area contributed by atoms with Gasteiger partial charge in [-0.2, -0.15) is 0 Å². The van der Waals surface area contributed by atoms with Crippen molar-refractivity contribution >= 4 is 11.9 Å². The lowest BCUT2D eigenvalue weighted by Crippen LogP contribution is -2.44. The molecule has 0 aliphatic heterocycles. The number of carbonyl (C=O) groups is 1. The van der Waals surface area contributed by atoms with Gasteiger partial charge in [0, 0.05) is 13.1 Å². The number of hydrogen-bond acceptors (Lipinski definition) is 4. The number of nitrogens with two attached hydrogens (primary N) is 1. The molecule has 2 unspecified atom stereocenters. The number of nitrogen functional groups attached to an aromatic ring is 1. The summed E-state index contributed by atoms with van der Waals surface area (Å²) in [5, 5.41) is 3.93. The average molecular weight is 251 g/mol. The van der Waals surface area contributed by atoms with E-state index >= 15 is 0 Å². The van der Waals surface area contributed by atoms with Crippen molar-refractivity contribution < 1.29 is 4.79 Å². The van der Waals surface area contributed by atoms with Crippen LogP contribution in [0.2, 0.25) is 0 Å². The van der Waals surface area contributed by atoms with Crippen molar-refractivity contribution in [2.24, 2.45) is 5.92 Å². The van der Waals surface area contributed by atoms with Crippen molar-refractivity contribution in [2.75, 3.05) is 12.8 Å². The predicted molar refractivity (Wildman–Crippen MR) is 68.6 cm³/mol. The Morgan fingerprint density at radius 1 is 1.56 bits per heavy atom. The molecule has 2 rings (SSSR count). The topological polar surface area (TPSA) is 77.0 Å². The zero-order valence-electron chi connectivity index (χ0n) is 11.0. The quantitative estimate of drug-likeness (QED) is 0.865. The Morgan fingerprint density at radius 3 is 2.89 bits per heavy atom. The monoisotopic (exact) mass is 251 g/mol. The summed E-state index contributed by atoms with van der Waals surface area (Å²) in [6.07, 6.45) is 6.29. The Balaban J connectivity index is 1.95. The number of aromatic nitrogens is 3. The first-order valence-electron chi connectivity index (χ1n) is 6.48. The van der Waals surface area contributed by atoms with E-state index in [0.29, 0.717) is 12.0 Å². The van der Waals surface area contributed by atoms with Gasteiger partial charge in [0.25, 0.3) is 0 Å². The van der Waals surface area contributed by atoms with Gasteiger partial charge >= 0.3 is 0 Å². The van der Waals surface area contributed by atoms with Gasteiger partial charge in [0.15, 0.2) is 0 Å². The van der Waals surface area contributed by atoms with Crippen molar-refractivity contribution in [2.45, 2.75) is 45.2 Å². The zero-order valence-corrected chi connectivity index (χ0v) is 11.0. The maximum Gasteiger partial charge on any atom is 0.244 e. The molecule has 6 heteroatoms. The molecule has 1 heterocycles. The zero-order chi connectivity index (χ0) is 13.1. The van der Waals surface area contributed by atoms with E-state index in [1.54, 1.807) is 0 Å². The fourth-order valence-corrected chi connectivity index (χ4v) is 2.69. The SMILES string of the molecule is CC1CCCCC1N(C)C(=O)Cn1cnc(N)n1. The van der Waals surface area contributed by atoms with Crippen LogP contribution in [0.3, 0.4) is 0 Å². The molecule has 1 aromatic rings. The highest BCUT2D eigenvalue weighted by Gasteiger charge is 2.27. The van der Waals surface area contributed by atoms with E-state index in [0.717, 1.165) is 6.42 Å². The summed E-state index contributed by atoms with van der Waals surface area (Å²) in [5.41, 5.74) is 5.43. The second-order valence-corrected chi connectivity index (χ2v) is 5.13. The third-order valence-corrected chi connectivity index (χ3v) is 3.81. The van der Waals surface area contributed by atoms with Crippen molar-refractivity contribution in [1.29, 1.82) is 0 Å². The maximum atomic E-state index is 12.2. The summed E-state index contributed by atoms with van der Waals surface area (Å²) < 4.78 is 1.49. The summed E-state index contributed by atoms with van der Waals surface area (Å²) >= 11 is 0. The predicted octanol–water partition coefficient (Wildman–Crippen LogP) is 0.897. The van der Waals surface area contributed by atoms with Crippen molar-refractivity contribution in [3.63, 3.8) is 0 Å². The summed E-state index contributed by atoms with van der Waals surface area (Å²) in [7, 11) is 1.88. The average Bonchev–Trinajstić information content (AvgIpc) is 2.74. The van der Waals surface area contributed by atoms with Gasteiger partial charge in [-0.1, -0.05) is 19.8 Å². The van der Waals surface area contributed by atoms with Crippen LogP contribution in [-0.4, -0.2) is 38.7 Å². The van der Waals surface area contributed by atoms with Crippen LogP contribution >= 0.6 is 0 Å². The first-order chi connectivity index (χ1) is 8.58. The van der Waals surface area contributed by atoms with Crippen LogP contribution in [0, 0.1) is 5.92 Å². The lowest BCUT2D eigenvalue weighted by molar-refractivity contribution is -0.134. The Morgan fingerprint density at radius 2 is 2.28 bits per heavy atom. The summed E-state index contributed by atoms with van der Waals surface area (Å²) in [6, 6.07) is 0.354. The number of nitrogens with zero attached hydrogens (tertiary/aromatic N) is 4. The Hall–Kier alpha value is -1.59. The highest BCUT2D eigenvalue weighted by atomic mass is 16.2. The molecule has 1 saturated carbocycles.